The minimum absolute atomic E-state index is 0.101. The SMILES string of the molecule is CCCCCCCCCC(=O)OC[C@H](COP(=O)(O)OC[C@H](O)COP(=O)(O)OC[C@@H](COC(=O)CCCCCCCCCCCCC(C)C)OC(=O)CCCCCCCCCCCCCC(C)C)OC(=O)CCCCCCCCC(C)C. The molecule has 17 nitrogen and oxygen atoms in total. The van der Waals surface area contributed by atoms with Gasteiger partial charge in [0.15, 0.2) is 12.2 Å². The Bertz CT molecular complexity index is 1650. The molecule has 3 N–H and O–H groups in total. The Hall–Kier alpha value is -1.94. The van der Waals surface area contributed by atoms with Gasteiger partial charge in [0, 0.05) is 25.7 Å². The maximum Gasteiger partial charge on any atom is 0.472 e. The van der Waals surface area contributed by atoms with Crippen molar-refractivity contribution in [2.45, 2.75) is 330 Å². The third-order valence-electron chi connectivity index (χ3n) is 14.6. The molecule has 19 heteroatoms. The van der Waals surface area contributed by atoms with Crippen LogP contribution in [-0.4, -0.2) is 96.7 Å². The number of aliphatic hydroxyl groups excluding tert-OH is 1. The topological polar surface area (TPSA) is 237 Å². The molecule has 0 radical (unpaired) electrons. The highest BCUT2D eigenvalue weighted by Crippen LogP contribution is 2.45. The molecule has 0 aromatic rings. The lowest BCUT2D eigenvalue weighted by molar-refractivity contribution is -0.161. The Morgan fingerprint density at radius 3 is 0.819 bits per heavy atom. The number of ether oxygens (including phenoxy) is 4. The molecule has 0 saturated carbocycles. The van der Waals surface area contributed by atoms with E-state index in [0.717, 1.165) is 115 Å². The summed E-state index contributed by atoms with van der Waals surface area (Å²) in [5.74, 6) is 0.0503. The van der Waals surface area contributed by atoms with Crippen molar-refractivity contribution in [3.63, 3.8) is 0 Å². The summed E-state index contributed by atoms with van der Waals surface area (Å²) >= 11 is 0. The maximum atomic E-state index is 13.0. The van der Waals surface area contributed by atoms with Crippen LogP contribution < -0.4 is 0 Å². The largest absolute Gasteiger partial charge is 0.472 e. The van der Waals surface area contributed by atoms with Crippen molar-refractivity contribution < 1.29 is 80.2 Å². The van der Waals surface area contributed by atoms with Crippen LogP contribution in [0, 0.1) is 17.8 Å². The van der Waals surface area contributed by atoms with E-state index < -0.39 is 97.5 Å². The summed E-state index contributed by atoms with van der Waals surface area (Å²) in [6.07, 6.45) is 36.5. The first kappa shape index (κ1) is 81.1. The molecule has 0 aromatic heterocycles. The van der Waals surface area contributed by atoms with E-state index >= 15 is 0 Å². The van der Waals surface area contributed by atoms with Gasteiger partial charge in [-0.2, -0.15) is 0 Å². The molecule has 0 fully saturated rings. The van der Waals surface area contributed by atoms with Gasteiger partial charge >= 0.3 is 39.5 Å². The van der Waals surface area contributed by atoms with Gasteiger partial charge in [-0.15, -0.1) is 0 Å². The van der Waals surface area contributed by atoms with Gasteiger partial charge < -0.3 is 33.8 Å². The Morgan fingerprint density at radius 2 is 0.554 bits per heavy atom. The molecule has 0 saturated heterocycles. The van der Waals surface area contributed by atoms with Crippen LogP contribution in [0.15, 0.2) is 0 Å². The van der Waals surface area contributed by atoms with Crippen molar-refractivity contribution in [3.05, 3.63) is 0 Å². The molecule has 2 unspecified atom stereocenters. The number of aliphatic hydroxyl groups is 1. The van der Waals surface area contributed by atoms with Gasteiger partial charge in [-0.25, -0.2) is 9.13 Å². The summed E-state index contributed by atoms with van der Waals surface area (Å²) in [7, 11) is -9.88. The third kappa shape index (κ3) is 58.8. The number of rotatable bonds is 62. The van der Waals surface area contributed by atoms with Crippen molar-refractivity contribution in [3.8, 4) is 0 Å². The predicted octanol–water partition coefficient (Wildman–Crippen LogP) is 17.5. The Kier molecular flexibility index (Phi) is 54.1. The zero-order valence-corrected chi connectivity index (χ0v) is 55.4. The lowest BCUT2D eigenvalue weighted by Gasteiger charge is -2.21. The van der Waals surface area contributed by atoms with Gasteiger partial charge in [-0.1, -0.05) is 260 Å². The fraction of sp³-hybridized carbons (Fsp3) is 0.938. The molecule has 0 aromatic carbocycles. The molecule has 492 valence electrons. The second-order valence-electron chi connectivity index (χ2n) is 24.6. The molecular weight excluding hydrogens is 1100 g/mol. The number of carbonyl (C=O) groups excluding carboxylic acids is 4. The Balaban J connectivity index is 5.22. The first-order valence-electron chi connectivity index (χ1n) is 33.3. The number of esters is 4. The van der Waals surface area contributed by atoms with Crippen LogP contribution in [0.25, 0.3) is 0 Å². The monoisotopic (exact) mass is 1230 g/mol. The lowest BCUT2D eigenvalue weighted by atomic mass is 10.0. The van der Waals surface area contributed by atoms with E-state index in [1.807, 2.05) is 0 Å². The van der Waals surface area contributed by atoms with E-state index in [1.54, 1.807) is 0 Å². The van der Waals surface area contributed by atoms with Crippen LogP contribution >= 0.6 is 15.6 Å². The molecule has 5 atom stereocenters. The highest BCUT2D eigenvalue weighted by Gasteiger charge is 2.30. The number of phosphoric acid groups is 2. The molecule has 0 amide bonds. The fourth-order valence-electron chi connectivity index (χ4n) is 9.48. The van der Waals surface area contributed by atoms with E-state index in [9.17, 15) is 43.2 Å². The van der Waals surface area contributed by atoms with E-state index in [-0.39, 0.29) is 25.7 Å². The van der Waals surface area contributed by atoms with Crippen LogP contribution in [0.3, 0.4) is 0 Å². The van der Waals surface area contributed by atoms with Gasteiger partial charge in [0.1, 0.15) is 19.3 Å². The van der Waals surface area contributed by atoms with Crippen LogP contribution in [0.4, 0.5) is 0 Å². The van der Waals surface area contributed by atoms with Crippen LogP contribution in [-0.2, 0) is 65.4 Å². The zero-order chi connectivity index (χ0) is 61.7. The fourth-order valence-corrected chi connectivity index (χ4v) is 11.1. The first-order valence-corrected chi connectivity index (χ1v) is 36.3. The maximum absolute atomic E-state index is 13.0. The number of hydrogen-bond acceptors (Lipinski definition) is 15. The third-order valence-corrected chi connectivity index (χ3v) is 16.5. The Morgan fingerprint density at radius 1 is 0.325 bits per heavy atom. The normalized spacial score (nSPS) is 14.4. The molecule has 0 heterocycles. The van der Waals surface area contributed by atoms with Gasteiger partial charge in [0.05, 0.1) is 26.4 Å². The minimum atomic E-state index is -4.95. The molecule has 0 spiro atoms. The van der Waals surface area contributed by atoms with Crippen LogP contribution in [0.2, 0.25) is 0 Å². The predicted molar refractivity (Wildman–Crippen MR) is 331 cm³/mol. The van der Waals surface area contributed by atoms with E-state index in [1.165, 1.54) is 109 Å². The second-order valence-corrected chi connectivity index (χ2v) is 27.5. The molecule has 0 aliphatic heterocycles. The summed E-state index contributed by atoms with van der Waals surface area (Å²) < 4.78 is 67.9. The van der Waals surface area contributed by atoms with E-state index in [2.05, 4.69) is 48.5 Å². The van der Waals surface area contributed by atoms with Crippen molar-refractivity contribution in [1.82, 2.24) is 0 Å². The molecule has 83 heavy (non-hydrogen) atoms. The molecule has 0 aliphatic rings. The van der Waals surface area contributed by atoms with Gasteiger partial charge in [-0.05, 0) is 43.4 Å². The number of carbonyl (C=O) groups is 4. The standard InChI is InChI=1S/C64H124O17P2/c1-8-9-10-11-21-31-38-45-61(66)74-51-60(81-64(69)48-41-34-27-26-30-37-44-57(6)7)54-79-83(72,73)77-50-58(65)49-76-82(70,71)78-53-59(52-75-62(67)46-39-32-24-19-16-15-18-23-29-36-43-56(4)5)80-63(68)47-40-33-25-20-14-12-13-17-22-28-35-42-55(2)3/h55-60,65H,8-54H2,1-7H3,(H,70,71)(H,72,73)/t58-,59-,60-/m1/s1. The van der Waals surface area contributed by atoms with Crippen molar-refractivity contribution in [2.24, 2.45) is 17.8 Å². The highest BCUT2D eigenvalue weighted by molar-refractivity contribution is 7.47. The quantitative estimate of drug-likeness (QED) is 0.0222. The Labute approximate surface area is 505 Å². The summed E-state index contributed by atoms with van der Waals surface area (Å²) in [6, 6.07) is 0. The summed E-state index contributed by atoms with van der Waals surface area (Å²) in [6.45, 7) is 11.7. The summed E-state index contributed by atoms with van der Waals surface area (Å²) in [5, 5.41) is 10.5. The average molecular weight is 1230 g/mol. The van der Waals surface area contributed by atoms with Gasteiger partial charge in [0.25, 0.3) is 0 Å². The summed E-state index contributed by atoms with van der Waals surface area (Å²) in [4.78, 5) is 72.1. The van der Waals surface area contributed by atoms with Crippen molar-refractivity contribution >= 4 is 39.5 Å². The molecule has 0 bridgehead atoms. The van der Waals surface area contributed by atoms with E-state index in [4.69, 9.17) is 37.0 Å². The number of unbranched alkanes of at least 4 members (excludes halogenated alkanes) is 30. The van der Waals surface area contributed by atoms with Crippen molar-refractivity contribution in [1.29, 1.82) is 0 Å². The zero-order valence-electron chi connectivity index (χ0n) is 53.6. The number of phosphoric ester groups is 2. The van der Waals surface area contributed by atoms with Gasteiger partial charge in [0.2, 0.25) is 0 Å². The molecule has 0 aliphatic carbocycles. The number of hydrogen-bond donors (Lipinski definition) is 3. The second kappa shape index (κ2) is 55.4. The highest BCUT2D eigenvalue weighted by atomic mass is 31.2. The molecular formula is C64H124O17P2. The first-order chi connectivity index (χ1) is 39.7. The van der Waals surface area contributed by atoms with E-state index in [0.29, 0.717) is 31.6 Å². The average Bonchev–Trinajstić information content (AvgIpc) is 3.43. The molecule has 0 rings (SSSR count). The van der Waals surface area contributed by atoms with Gasteiger partial charge in [-0.3, -0.25) is 37.3 Å². The van der Waals surface area contributed by atoms with Crippen LogP contribution in [0.1, 0.15) is 312 Å². The smallest absolute Gasteiger partial charge is 0.462 e. The van der Waals surface area contributed by atoms with Crippen molar-refractivity contribution in [2.75, 3.05) is 39.6 Å². The summed E-state index contributed by atoms with van der Waals surface area (Å²) in [5.41, 5.74) is 0. The lowest BCUT2D eigenvalue weighted by Crippen LogP contribution is -2.30. The minimum Gasteiger partial charge on any atom is -0.462 e. The van der Waals surface area contributed by atoms with Crippen LogP contribution in [0.5, 0.6) is 0 Å².